The molecule has 0 spiro atoms. The van der Waals surface area contributed by atoms with E-state index in [-0.39, 0.29) is 17.0 Å². The van der Waals surface area contributed by atoms with E-state index in [9.17, 15) is 22.8 Å². The third kappa shape index (κ3) is 4.92. The van der Waals surface area contributed by atoms with E-state index in [4.69, 9.17) is 4.98 Å². The Labute approximate surface area is 213 Å². The molecule has 0 saturated heterocycles. The van der Waals surface area contributed by atoms with Gasteiger partial charge in [-0.2, -0.15) is 13.2 Å². The van der Waals surface area contributed by atoms with E-state index in [0.29, 0.717) is 27.0 Å². The topological polar surface area (TPSA) is 64.0 Å². The zero-order chi connectivity index (χ0) is 25.4. The molecule has 0 saturated carbocycles. The van der Waals surface area contributed by atoms with Gasteiger partial charge in [0.15, 0.2) is 5.16 Å². The number of aryl methyl sites for hydroxylation is 1. The van der Waals surface area contributed by atoms with Crippen molar-refractivity contribution in [3.63, 3.8) is 0 Å². The summed E-state index contributed by atoms with van der Waals surface area (Å²) in [5.41, 5.74) is 1.08. The van der Waals surface area contributed by atoms with Crippen molar-refractivity contribution < 1.29 is 18.0 Å². The van der Waals surface area contributed by atoms with Gasteiger partial charge in [0, 0.05) is 10.6 Å². The Hall–Kier alpha value is -3.11. The summed E-state index contributed by atoms with van der Waals surface area (Å²) >= 11 is 2.66. The van der Waals surface area contributed by atoms with Crippen LogP contribution >= 0.6 is 23.1 Å². The van der Waals surface area contributed by atoms with E-state index in [1.54, 1.807) is 15.9 Å². The summed E-state index contributed by atoms with van der Waals surface area (Å²) in [6.07, 6.45) is -1.63. The van der Waals surface area contributed by atoms with Crippen LogP contribution in [0.25, 0.3) is 15.9 Å². The molecule has 0 radical (unpaired) electrons. The molecule has 10 heteroatoms. The van der Waals surface area contributed by atoms with E-state index in [0.717, 1.165) is 48.7 Å². The zero-order valence-corrected chi connectivity index (χ0v) is 20.9. The van der Waals surface area contributed by atoms with Crippen LogP contribution in [-0.4, -0.2) is 21.2 Å². The highest BCUT2D eigenvalue weighted by molar-refractivity contribution is 7.99. The summed E-state index contributed by atoms with van der Waals surface area (Å²) in [6.45, 7) is 2.21. The minimum Gasteiger partial charge on any atom is -0.325 e. The number of thiophene rings is 1. The van der Waals surface area contributed by atoms with Crippen LogP contribution in [0.5, 0.6) is 0 Å². The van der Waals surface area contributed by atoms with Crippen molar-refractivity contribution in [3.05, 3.63) is 81.0 Å². The van der Waals surface area contributed by atoms with Gasteiger partial charge in [-0.15, -0.1) is 11.3 Å². The smallest absolute Gasteiger partial charge is 0.325 e. The first kappa shape index (κ1) is 24.6. The first-order chi connectivity index (χ1) is 17.2. The van der Waals surface area contributed by atoms with Crippen molar-refractivity contribution in [1.29, 1.82) is 0 Å². The molecular formula is C26H22F3N3O2S2. The van der Waals surface area contributed by atoms with Crippen molar-refractivity contribution in [2.45, 2.75) is 37.5 Å². The van der Waals surface area contributed by atoms with E-state index in [1.807, 2.05) is 30.3 Å². The number of amides is 1. The SMILES string of the molecule is CC1CCc2c(sc3nc(SCC(=O)Nc4ccc(C(F)(F)F)cc4)n(-c4ccccc4)c(=O)c23)C1. The van der Waals surface area contributed by atoms with Crippen LogP contribution < -0.4 is 10.9 Å². The van der Waals surface area contributed by atoms with Gasteiger partial charge in [-0.05, 0) is 67.1 Å². The maximum Gasteiger partial charge on any atom is 0.416 e. The molecule has 5 nitrogen and oxygen atoms in total. The fraction of sp³-hybridized carbons (Fsp3) is 0.269. The van der Waals surface area contributed by atoms with E-state index < -0.39 is 17.6 Å². The molecule has 1 atom stereocenters. The fourth-order valence-corrected chi connectivity index (χ4v) is 6.58. The Morgan fingerprint density at radius 1 is 1.17 bits per heavy atom. The van der Waals surface area contributed by atoms with Gasteiger partial charge >= 0.3 is 6.18 Å². The lowest BCUT2D eigenvalue weighted by atomic mass is 9.89. The molecule has 1 aliphatic carbocycles. The first-order valence-electron chi connectivity index (χ1n) is 11.4. The first-order valence-corrected chi connectivity index (χ1v) is 13.2. The van der Waals surface area contributed by atoms with Gasteiger partial charge in [0.25, 0.3) is 5.56 Å². The molecule has 1 unspecified atom stereocenters. The minimum absolute atomic E-state index is 0.0616. The summed E-state index contributed by atoms with van der Waals surface area (Å²) in [6, 6.07) is 13.4. The number of thioether (sulfide) groups is 1. The molecule has 2 aromatic carbocycles. The van der Waals surface area contributed by atoms with Gasteiger partial charge in [-0.25, -0.2) is 4.98 Å². The number of carbonyl (C=O) groups is 1. The van der Waals surface area contributed by atoms with Crippen LogP contribution in [0.2, 0.25) is 0 Å². The second-order valence-corrected chi connectivity index (χ2v) is 10.8. The zero-order valence-electron chi connectivity index (χ0n) is 19.3. The van der Waals surface area contributed by atoms with E-state index in [1.165, 1.54) is 17.0 Å². The number of rotatable bonds is 5. The third-order valence-corrected chi connectivity index (χ3v) is 8.23. The number of carbonyl (C=O) groups excluding carboxylic acids is 1. The molecule has 0 aliphatic heterocycles. The average molecular weight is 530 g/mol. The van der Waals surface area contributed by atoms with Gasteiger partial charge < -0.3 is 5.32 Å². The average Bonchev–Trinajstić information content (AvgIpc) is 3.20. The summed E-state index contributed by atoms with van der Waals surface area (Å²) in [7, 11) is 0. The number of halogens is 3. The van der Waals surface area contributed by atoms with Crippen LogP contribution in [0.4, 0.5) is 18.9 Å². The van der Waals surface area contributed by atoms with Crippen LogP contribution in [0, 0.1) is 5.92 Å². The predicted octanol–water partition coefficient (Wildman–Crippen LogP) is 6.32. The Bertz CT molecular complexity index is 1480. The van der Waals surface area contributed by atoms with Gasteiger partial charge in [0.05, 0.1) is 22.4 Å². The lowest BCUT2D eigenvalue weighted by Gasteiger charge is -2.17. The third-order valence-electron chi connectivity index (χ3n) is 6.14. The molecule has 1 amide bonds. The molecule has 4 aromatic rings. The number of benzene rings is 2. The number of para-hydroxylation sites is 1. The number of nitrogens with one attached hydrogen (secondary N) is 1. The number of alkyl halides is 3. The van der Waals surface area contributed by atoms with Crippen LogP contribution in [-0.2, 0) is 23.8 Å². The van der Waals surface area contributed by atoms with Crippen LogP contribution in [0.15, 0.2) is 64.5 Å². The van der Waals surface area contributed by atoms with E-state index >= 15 is 0 Å². The van der Waals surface area contributed by atoms with Crippen molar-refractivity contribution in [3.8, 4) is 5.69 Å². The Morgan fingerprint density at radius 2 is 1.89 bits per heavy atom. The van der Waals surface area contributed by atoms with Gasteiger partial charge in [0.2, 0.25) is 5.91 Å². The number of hydrogen-bond donors (Lipinski definition) is 1. The van der Waals surface area contributed by atoms with Gasteiger partial charge in [0.1, 0.15) is 4.83 Å². The molecule has 0 fully saturated rings. The highest BCUT2D eigenvalue weighted by Crippen LogP contribution is 2.37. The number of hydrogen-bond acceptors (Lipinski definition) is 5. The highest BCUT2D eigenvalue weighted by atomic mass is 32.2. The molecule has 186 valence electrons. The van der Waals surface area contributed by atoms with Gasteiger partial charge in [-0.1, -0.05) is 36.9 Å². The maximum atomic E-state index is 13.7. The molecule has 2 aromatic heterocycles. The molecular weight excluding hydrogens is 507 g/mol. The van der Waals surface area contributed by atoms with Crippen LogP contribution in [0.3, 0.4) is 0 Å². The van der Waals surface area contributed by atoms with Crippen molar-refractivity contribution in [1.82, 2.24) is 9.55 Å². The second-order valence-electron chi connectivity index (χ2n) is 8.81. The fourth-order valence-electron chi connectivity index (χ4n) is 4.34. The maximum absolute atomic E-state index is 13.7. The standard InChI is InChI=1S/C26H22F3N3O2S2/c1-15-7-12-19-20(13-15)36-23-22(19)24(34)32(18-5-3-2-4-6-18)25(31-23)35-14-21(33)30-17-10-8-16(9-11-17)26(27,28)29/h2-6,8-11,15H,7,12-14H2,1H3,(H,30,33). The molecule has 0 bridgehead atoms. The van der Waals surface area contributed by atoms with Crippen molar-refractivity contribution in [2.24, 2.45) is 5.92 Å². The number of nitrogens with zero attached hydrogens (tertiary/aromatic N) is 2. The van der Waals surface area contributed by atoms with Crippen molar-refractivity contribution >= 4 is 44.9 Å². The summed E-state index contributed by atoms with van der Waals surface area (Å²) in [4.78, 5) is 33.0. The predicted molar refractivity (Wildman–Crippen MR) is 137 cm³/mol. The quantitative estimate of drug-likeness (QED) is 0.243. The molecule has 1 N–H and O–H groups in total. The molecule has 2 heterocycles. The van der Waals surface area contributed by atoms with Crippen molar-refractivity contribution in [2.75, 3.05) is 11.1 Å². The molecule has 5 rings (SSSR count). The Balaban J connectivity index is 1.44. The Kier molecular flexibility index (Phi) is 6.65. The number of fused-ring (bicyclic) bond motifs is 3. The lowest BCUT2D eigenvalue weighted by molar-refractivity contribution is -0.137. The van der Waals surface area contributed by atoms with Crippen LogP contribution in [0.1, 0.15) is 29.3 Å². The molecule has 1 aliphatic rings. The normalized spacial score (nSPS) is 15.6. The summed E-state index contributed by atoms with van der Waals surface area (Å²) in [5.74, 6) is 0.0890. The second kappa shape index (κ2) is 9.74. The monoisotopic (exact) mass is 529 g/mol. The minimum atomic E-state index is -4.44. The van der Waals surface area contributed by atoms with E-state index in [2.05, 4.69) is 12.2 Å². The Morgan fingerprint density at radius 3 is 2.58 bits per heavy atom. The number of aromatic nitrogens is 2. The molecule has 36 heavy (non-hydrogen) atoms. The lowest BCUT2D eigenvalue weighted by Crippen LogP contribution is -2.23. The number of anilines is 1. The summed E-state index contributed by atoms with van der Waals surface area (Å²) in [5, 5.41) is 3.66. The van der Waals surface area contributed by atoms with Gasteiger partial charge in [-0.3, -0.25) is 14.2 Å². The largest absolute Gasteiger partial charge is 0.416 e. The highest BCUT2D eigenvalue weighted by Gasteiger charge is 2.30. The summed E-state index contributed by atoms with van der Waals surface area (Å²) < 4.78 is 39.9.